The van der Waals surface area contributed by atoms with Crippen molar-refractivity contribution in [1.82, 2.24) is 14.8 Å². The Morgan fingerprint density at radius 2 is 1.75 bits per heavy atom. The molecule has 5 heteroatoms. The lowest BCUT2D eigenvalue weighted by atomic mass is 9.52. The minimum atomic E-state index is 0.170. The number of aromatic nitrogens is 3. The van der Waals surface area contributed by atoms with Crippen LogP contribution >= 0.6 is 0 Å². The third kappa shape index (κ3) is 3.29. The molecule has 5 nitrogen and oxygen atoms in total. The van der Waals surface area contributed by atoms with Crippen LogP contribution in [-0.2, 0) is 19.0 Å². The van der Waals surface area contributed by atoms with Crippen molar-refractivity contribution < 1.29 is 0 Å². The fourth-order valence-corrected chi connectivity index (χ4v) is 5.70. The van der Waals surface area contributed by atoms with Gasteiger partial charge in [-0.15, -0.1) is 10.2 Å². The van der Waals surface area contributed by atoms with E-state index in [-0.39, 0.29) is 12.0 Å². The normalized spacial score (nSPS) is 26.5. The van der Waals surface area contributed by atoms with E-state index < -0.39 is 0 Å². The Bertz CT molecular complexity index is 816. The van der Waals surface area contributed by atoms with Crippen LogP contribution in [0.5, 0.6) is 0 Å². The van der Waals surface area contributed by atoms with Crippen molar-refractivity contribution in [3.05, 3.63) is 40.6 Å². The molecule has 0 atom stereocenters. The summed E-state index contributed by atoms with van der Waals surface area (Å²) >= 11 is 0. The van der Waals surface area contributed by atoms with Crippen LogP contribution in [0.4, 0.5) is 0 Å². The molecule has 1 aromatic carbocycles. The summed E-state index contributed by atoms with van der Waals surface area (Å²) in [6.45, 7) is 2.46. The van der Waals surface area contributed by atoms with Crippen molar-refractivity contribution in [1.29, 1.82) is 0 Å². The van der Waals surface area contributed by atoms with Gasteiger partial charge in [0.2, 0.25) is 0 Å². The molecule has 28 heavy (non-hydrogen) atoms. The Morgan fingerprint density at radius 1 is 1.04 bits per heavy atom. The zero-order chi connectivity index (χ0) is 19.6. The summed E-state index contributed by atoms with van der Waals surface area (Å²) in [7, 11) is 2.09. The molecule has 2 aromatic rings. The maximum absolute atomic E-state index is 10.8. The highest BCUT2D eigenvalue weighted by Crippen LogP contribution is 2.59. The fraction of sp³-hybridized carbons (Fsp3) is 0.652. The molecule has 0 aliphatic heterocycles. The predicted octanol–water partition coefficient (Wildman–Crippen LogP) is 5.92. The van der Waals surface area contributed by atoms with E-state index in [1.165, 1.54) is 64.2 Å². The molecule has 3 aliphatic rings. The van der Waals surface area contributed by atoms with E-state index in [2.05, 4.69) is 33.9 Å². The van der Waals surface area contributed by atoms with Crippen LogP contribution in [0.25, 0.3) is 11.4 Å². The fourth-order valence-electron chi connectivity index (χ4n) is 5.70. The predicted molar refractivity (Wildman–Crippen MR) is 112 cm³/mol. The van der Waals surface area contributed by atoms with Crippen LogP contribution in [0.2, 0.25) is 0 Å². The van der Waals surface area contributed by atoms with Crippen molar-refractivity contribution in [3.63, 3.8) is 0 Å². The summed E-state index contributed by atoms with van der Waals surface area (Å²) < 4.78 is 2.18. The van der Waals surface area contributed by atoms with Gasteiger partial charge in [0, 0.05) is 18.0 Å². The number of benzene rings is 1. The maximum Gasteiger partial charge on any atom is 0.164 e. The summed E-state index contributed by atoms with van der Waals surface area (Å²) in [5.41, 5.74) is 2.67. The van der Waals surface area contributed by atoms with Gasteiger partial charge in [0.25, 0.3) is 0 Å². The minimum Gasteiger partial charge on any atom is -0.314 e. The number of hydrogen-bond donors (Lipinski definition) is 0. The highest BCUT2D eigenvalue weighted by molar-refractivity contribution is 5.60. The van der Waals surface area contributed by atoms with Gasteiger partial charge in [-0.05, 0) is 55.9 Å². The molecule has 0 N–H and O–H groups in total. The molecule has 1 heterocycles. The van der Waals surface area contributed by atoms with Gasteiger partial charge < -0.3 is 4.57 Å². The number of hydrogen-bond acceptors (Lipinski definition) is 4. The summed E-state index contributed by atoms with van der Waals surface area (Å²) in [5, 5.41) is 12.3. The summed E-state index contributed by atoms with van der Waals surface area (Å²) in [6.07, 6.45) is 13.2. The first kappa shape index (κ1) is 19.3. The third-order valence-corrected chi connectivity index (χ3v) is 7.55. The monoisotopic (exact) mass is 380 g/mol. The number of fused-ring (bicyclic) bond motifs is 3. The van der Waals surface area contributed by atoms with Crippen molar-refractivity contribution >= 4 is 0 Å². The van der Waals surface area contributed by atoms with Crippen LogP contribution in [0.3, 0.4) is 0 Å². The third-order valence-electron chi connectivity index (χ3n) is 7.55. The Morgan fingerprint density at radius 3 is 2.43 bits per heavy atom. The highest BCUT2D eigenvalue weighted by atomic mass is 16.3. The number of unbranched alkanes of at least 4 members (excludes halogenated alkanes) is 2. The van der Waals surface area contributed by atoms with E-state index in [4.69, 9.17) is 0 Å². The Hall–Kier alpha value is -2.04. The SMILES string of the molecule is CCCCCC12CCC(c3nnc(-c4ccccc4CN=O)n3C)(CC1)CC2. The number of nitroso groups, excluding NO2 is 1. The first-order chi connectivity index (χ1) is 13.6. The Labute approximate surface area is 167 Å². The number of nitrogens with zero attached hydrogens (tertiary/aromatic N) is 4. The lowest BCUT2D eigenvalue weighted by Crippen LogP contribution is -2.45. The second-order valence-corrected chi connectivity index (χ2v) is 9.09. The van der Waals surface area contributed by atoms with Crippen molar-refractivity contribution in [3.8, 4) is 11.4 Å². The molecule has 3 saturated carbocycles. The second-order valence-electron chi connectivity index (χ2n) is 9.09. The van der Waals surface area contributed by atoms with Gasteiger partial charge in [-0.2, -0.15) is 4.91 Å². The molecule has 150 valence electrons. The largest absolute Gasteiger partial charge is 0.314 e. The van der Waals surface area contributed by atoms with Crippen LogP contribution in [0.1, 0.15) is 82.5 Å². The minimum absolute atomic E-state index is 0.170. The Balaban J connectivity index is 1.57. The summed E-state index contributed by atoms with van der Waals surface area (Å²) in [6, 6.07) is 7.91. The molecule has 0 radical (unpaired) electrons. The molecule has 0 amide bonds. The zero-order valence-electron chi connectivity index (χ0n) is 17.3. The van der Waals surface area contributed by atoms with Crippen LogP contribution in [0.15, 0.2) is 29.4 Å². The highest BCUT2D eigenvalue weighted by Gasteiger charge is 2.51. The lowest BCUT2D eigenvalue weighted by molar-refractivity contribution is 0.0250. The van der Waals surface area contributed by atoms with Crippen LogP contribution in [-0.4, -0.2) is 14.8 Å². The van der Waals surface area contributed by atoms with Gasteiger partial charge in [-0.3, -0.25) is 0 Å². The molecule has 3 fully saturated rings. The summed E-state index contributed by atoms with van der Waals surface area (Å²) in [4.78, 5) is 10.8. The molecular weight excluding hydrogens is 348 g/mol. The molecule has 5 rings (SSSR count). The first-order valence-corrected chi connectivity index (χ1v) is 10.9. The van der Waals surface area contributed by atoms with E-state index in [9.17, 15) is 4.91 Å². The van der Waals surface area contributed by atoms with Crippen molar-refractivity contribution in [2.45, 2.75) is 83.1 Å². The smallest absolute Gasteiger partial charge is 0.164 e. The summed E-state index contributed by atoms with van der Waals surface area (Å²) in [5.74, 6) is 1.99. The van der Waals surface area contributed by atoms with Crippen LogP contribution in [0, 0.1) is 10.3 Å². The number of rotatable bonds is 8. The average molecular weight is 381 g/mol. The van der Waals surface area contributed by atoms with Crippen molar-refractivity contribution in [2.24, 2.45) is 17.6 Å². The standard InChI is InChI=1S/C23H32N4O/c1-3-4-7-10-22-11-14-23(15-12-22,16-13-22)21-26-25-20(27(21)2)19-9-6-5-8-18(19)17-24-28/h5-6,8-9H,3-4,7,10-17H2,1-2H3. The quantitative estimate of drug-likeness (QED) is 0.422. The van der Waals surface area contributed by atoms with Gasteiger partial charge in [-0.1, -0.05) is 55.6 Å². The molecule has 0 saturated heterocycles. The van der Waals surface area contributed by atoms with E-state index in [0.29, 0.717) is 5.41 Å². The average Bonchev–Trinajstić information content (AvgIpc) is 3.12. The van der Waals surface area contributed by atoms with Gasteiger partial charge in [0.1, 0.15) is 12.4 Å². The van der Waals surface area contributed by atoms with E-state index in [1.807, 2.05) is 24.3 Å². The van der Waals surface area contributed by atoms with Gasteiger partial charge in [-0.25, -0.2) is 0 Å². The van der Waals surface area contributed by atoms with Gasteiger partial charge in [0.05, 0.1) is 0 Å². The van der Waals surface area contributed by atoms with Gasteiger partial charge in [0.15, 0.2) is 5.82 Å². The lowest BCUT2D eigenvalue weighted by Gasteiger charge is -2.53. The van der Waals surface area contributed by atoms with Crippen molar-refractivity contribution in [2.75, 3.05) is 0 Å². The van der Waals surface area contributed by atoms with Gasteiger partial charge >= 0.3 is 0 Å². The molecule has 2 bridgehead atoms. The maximum atomic E-state index is 10.8. The zero-order valence-corrected chi connectivity index (χ0v) is 17.3. The van der Waals surface area contributed by atoms with E-state index >= 15 is 0 Å². The second kappa shape index (κ2) is 7.76. The van der Waals surface area contributed by atoms with Crippen LogP contribution < -0.4 is 0 Å². The first-order valence-electron chi connectivity index (χ1n) is 10.9. The van der Waals surface area contributed by atoms with E-state index in [1.54, 1.807) is 0 Å². The molecule has 1 aromatic heterocycles. The Kier molecular flexibility index (Phi) is 5.35. The topological polar surface area (TPSA) is 60.1 Å². The molecule has 0 unspecified atom stereocenters. The molecule has 0 spiro atoms. The molecule has 3 aliphatic carbocycles. The molecular formula is C23H32N4O. The van der Waals surface area contributed by atoms with E-state index in [0.717, 1.165) is 22.8 Å².